The summed E-state index contributed by atoms with van der Waals surface area (Å²) in [5, 5.41) is 3.33. The van der Waals surface area contributed by atoms with Crippen LogP contribution < -0.4 is 20.5 Å². The van der Waals surface area contributed by atoms with Crippen LogP contribution in [0.25, 0.3) is 16.7 Å². The summed E-state index contributed by atoms with van der Waals surface area (Å²) >= 11 is 0. The molecule has 1 aliphatic carbocycles. The highest BCUT2D eigenvalue weighted by Crippen LogP contribution is 2.35. The number of likely N-dealkylation sites (N-methyl/N-ethyl adjacent to an activating group) is 1. The number of anilines is 1. The van der Waals surface area contributed by atoms with Crippen LogP contribution in [-0.2, 0) is 19.0 Å². The number of ether oxygens (including phenoxy) is 1. The van der Waals surface area contributed by atoms with E-state index in [-0.39, 0.29) is 46.7 Å². The van der Waals surface area contributed by atoms with E-state index in [9.17, 15) is 18.0 Å². The quantitative estimate of drug-likeness (QED) is 0.511. The zero-order valence-electron chi connectivity index (χ0n) is 23.0. The Bertz CT molecular complexity index is 1480. The molecule has 3 aliphatic rings. The van der Waals surface area contributed by atoms with E-state index >= 15 is 0 Å². The van der Waals surface area contributed by atoms with Crippen LogP contribution >= 0.6 is 0 Å². The van der Waals surface area contributed by atoms with Crippen LogP contribution in [0.5, 0.6) is 6.01 Å². The normalized spacial score (nSPS) is 23.6. The Hall–Kier alpha value is -3.25. The Labute approximate surface area is 230 Å². The number of benzene rings is 1. The number of nitrogens with one attached hydrogen (secondary N) is 1. The highest BCUT2D eigenvalue weighted by molar-refractivity contribution is 5.86. The first-order valence-electron chi connectivity index (χ1n) is 14.0. The third-order valence-corrected chi connectivity index (χ3v) is 8.45. The summed E-state index contributed by atoms with van der Waals surface area (Å²) < 4.78 is 50.6. The lowest BCUT2D eigenvalue weighted by molar-refractivity contribution is -0.146. The molecule has 6 rings (SSSR count). The molecule has 12 heteroatoms. The van der Waals surface area contributed by atoms with Gasteiger partial charge in [0.05, 0.1) is 5.69 Å². The van der Waals surface area contributed by atoms with E-state index in [4.69, 9.17) is 4.74 Å². The van der Waals surface area contributed by atoms with Gasteiger partial charge < -0.3 is 19.9 Å². The van der Waals surface area contributed by atoms with Crippen molar-refractivity contribution in [3.8, 4) is 11.7 Å². The second kappa shape index (κ2) is 10.3. The van der Waals surface area contributed by atoms with Crippen molar-refractivity contribution in [1.82, 2.24) is 29.7 Å². The van der Waals surface area contributed by atoms with Gasteiger partial charge in [0, 0.05) is 31.2 Å². The number of hydrogen-bond donors (Lipinski definition) is 1. The molecule has 0 bridgehead atoms. The van der Waals surface area contributed by atoms with E-state index in [1.54, 1.807) is 12.1 Å². The molecule has 1 aromatic carbocycles. The summed E-state index contributed by atoms with van der Waals surface area (Å²) in [7, 11) is 2.03. The molecule has 3 atom stereocenters. The lowest BCUT2D eigenvalue weighted by Crippen LogP contribution is -2.55. The van der Waals surface area contributed by atoms with E-state index in [0.29, 0.717) is 30.7 Å². The van der Waals surface area contributed by atoms with Gasteiger partial charge in [0.2, 0.25) is 5.82 Å². The average Bonchev–Trinajstić information content (AvgIpc) is 3.55. The third-order valence-electron chi connectivity index (χ3n) is 8.45. The molecule has 3 aromatic rings. The van der Waals surface area contributed by atoms with Crippen molar-refractivity contribution in [2.75, 3.05) is 38.2 Å². The van der Waals surface area contributed by atoms with Gasteiger partial charge in [-0.15, -0.1) is 0 Å². The first-order chi connectivity index (χ1) is 19.1. The Balaban J connectivity index is 1.59. The Kier molecular flexibility index (Phi) is 6.94. The lowest BCUT2D eigenvalue weighted by atomic mass is 10.1. The maximum Gasteiger partial charge on any atom is 0.450 e. The second-order valence-electron chi connectivity index (χ2n) is 11.2. The van der Waals surface area contributed by atoms with Crippen molar-refractivity contribution >= 4 is 16.9 Å². The minimum atomic E-state index is -4.88. The molecule has 2 fully saturated rings. The Morgan fingerprint density at radius 2 is 1.82 bits per heavy atom. The van der Waals surface area contributed by atoms with E-state index in [1.165, 1.54) is 0 Å². The highest BCUT2D eigenvalue weighted by Gasteiger charge is 2.40. The van der Waals surface area contributed by atoms with Gasteiger partial charge in [0.1, 0.15) is 12.1 Å². The molecule has 0 radical (unpaired) electrons. The number of piperazine rings is 1. The standard InChI is InChI=1S/C28H34F3N7O2/c1-16-13-32-14-17(2)37(16)24-22-23(34-27(35-24)40-15-19-9-6-12-36(19)3)25(39)38(26(33-22)28(29,30)31)21-11-5-8-18-7-4-10-20(18)21/h5,8,11,16-17,19,32H,4,6-7,9-10,12-15H2,1-3H3/t16-,17-,19-/m0/s1. The molecule has 0 saturated carbocycles. The van der Waals surface area contributed by atoms with Gasteiger partial charge >= 0.3 is 12.2 Å². The third kappa shape index (κ3) is 4.70. The van der Waals surface area contributed by atoms with E-state index in [1.807, 2.05) is 31.9 Å². The predicted octanol–water partition coefficient (Wildman–Crippen LogP) is 3.34. The second-order valence-corrected chi connectivity index (χ2v) is 11.2. The van der Waals surface area contributed by atoms with Crippen molar-refractivity contribution in [2.24, 2.45) is 0 Å². The topological polar surface area (TPSA) is 88.4 Å². The van der Waals surface area contributed by atoms with Crippen molar-refractivity contribution in [2.45, 2.75) is 70.3 Å². The van der Waals surface area contributed by atoms with Crippen LogP contribution in [0.15, 0.2) is 23.0 Å². The van der Waals surface area contributed by atoms with Gasteiger partial charge in [-0.25, -0.2) is 4.98 Å². The van der Waals surface area contributed by atoms with E-state index < -0.39 is 17.6 Å². The number of nitrogens with zero attached hydrogens (tertiary/aromatic N) is 6. The van der Waals surface area contributed by atoms with Crippen LogP contribution in [0.3, 0.4) is 0 Å². The fourth-order valence-corrected chi connectivity index (χ4v) is 6.41. The number of alkyl halides is 3. The summed E-state index contributed by atoms with van der Waals surface area (Å²) in [6.45, 7) is 6.43. The number of rotatable bonds is 5. The largest absolute Gasteiger partial charge is 0.462 e. The summed E-state index contributed by atoms with van der Waals surface area (Å²) in [5.74, 6) is -1.08. The van der Waals surface area contributed by atoms with E-state index in [0.717, 1.165) is 43.4 Å². The monoisotopic (exact) mass is 557 g/mol. The fourth-order valence-electron chi connectivity index (χ4n) is 6.41. The zero-order chi connectivity index (χ0) is 28.2. The summed E-state index contributed by atoms with van der Waals surface area (Å²) in [6, 6.07) is 5.09. The Morgan fingerprint density at radius 3 is 2.52 bits per heavy atom. The number of hydrogen-bond acceptors (Lipinski definition) is 8. The summed E-state index contributed by atoms with van der Waals surface area (Å²) in [5.41, 5.74) is 0.693. The fraction of sp³-hybridized carbons (Fsp3) is 0.571. The molecular weight excluding hydrogens is 523 g/mol. The number of likely N-dealkylation sites (tertiary alicyclic amines) is 1. The average molecular weight is 558 g/mol. The van der Waals surface area contributed by atoms with E-state index in [2.05, 4.69) is 25.2 Å². The van der Waals surface area contributed by atoms with Crippen LogP contribution in [0.2, 0.25) is 0 Å². The van der Waals surface area contributed by atoms with Crippen molar-refractivity contribution in [3.63, 3.8) is 0 Å². The summed E-state index contributed by atoms with van der Waals surface area (Å²) in [4.78, 5) is 31.4. The van der Waals surface area contributed by atoms with Crippen LogP contribution in [0.1, 0.15) is 50.1 Å². The molecule has 0 amide bonds. The molecule has 1 N–H and O–H groups in total. The van der Waals surface area contributed by atoms with Crippen molar-refractivity contribution in [1.29, 1.82) is 0 Å². The molecule has 2 aromatic heterocycles. The minimum Gasteiger partial charge on any atom is -0.462 e. The molecule has 0 unspecified atom stereocenters. The first-order valence-corrected chi connectivity index (χ1v) is 14.0. The van der Waals surface area contributed by atoms with Crippen LogP contribution in [-0.4, -0.2) is 75.8 Å². The highest BCUT2D eigenvalue weighted by atomic mass is 19.4. The maximum atomic E-state index is 14.6. The van der Waals surface area contributed by atoms with Gasteiger partial charge in [-0.05, 0) is 76.7 Å². The van der Waals surface area contributed by atoms with Gasteiger partial charge in [-0.3, -0.25) is 9.36 Å². The smallest absolute Gasteiger partial charge is 0.450 e. The predicted molar refractivity (Wildman–Crippen MR) is 145 cm³/mol. The zero-order valence-corrected chi connectivity index (χ0v) is 23.0. The van der Waals surface area contributed by atoms with Crippen molar-refractivity contribution < 1.29 is 17.9 Å². The van der Waals surface area contributed by atoms with Crippen LogP contribution in [0.4, 0.5) is 19.0 Å². The van der Waals surface area contributed by atoms with Gasteiger partial charge in [-0.2, -0.15) is 23.1 Å². The van der Waals surface area contributed by atoms with Crippen molar-refractivity contribution in [3.05, 3.63) is 45.5 Å². The molecule has 2 saturated heterocycles. The number of fused-ring (bicyclic) bond motifs is 2. The number of aryl methyl sites for hydroxylation is 1. The molecular formula is C28H34F3N7O2. The number of halogens is 3. The molecule has 40 heavy (non-hydrogen) atoms. The summed E-state index contributed by atoms with van der Waals surface area (Å²) in [6.07, 6.45) is -0.678. The Morgan fingerprint density at radius 1 is 1.05 bits per heavy atom. The molecule has 214 valence electrons. The van der Waals surface area contributed by atoms with Gasteiger partial charge in [-0.1, -0.05) is 12.1 Å². The number of aromatic nitrogens is 4. The first kappa shape index (κ1) is 26.9. The maximum absolute atomic E-state index is 14.6. The molecule has 2 aliphatic heterocycles. The van der Waals surface area contributed by atoms with Crippen LogP contribution in [0, 0.1) is 0 Å². The molecule has 9 nitrogen and oxygen atoms in total. The lowest BCUT2D eigenvalue weighted by Gasteiger charge is -2.40. The van der Waals surface area contributed by atoms with Gasteiger partial charge in [0.15, 0.2) is 11.3 Å². The minimum absolute atomic E-state index is 0.0239. The molecule has 4 heterocycles. The SMILES string of the molecule is C[C@H]1CNC[C@H](C)N1c1nc(OC[C@@H]2CCCN2C)nc2c(=O)n(-c3cccc4c3CCC4)c(C(F)(F)F)nc12. The van der Waals surface area contributed by atoms with Gasteiger partial charge in [0.25, 0.3) is 5.56 Å². The molecule has 0 spiro atoms.